The number of amides is 1. The molecule has 2 N–H and O–H groups in total. The van der Waals surface area contributed by atoms with E-state index in [1.165, 1.54) is 6.20 Å². The first-order valence-corrected chi connectivity index (χ1v) is 7.53. The molecular formula is C15H17BrN4O. The van der Waals surface area contributed by atoms with Gasteiger partial charge in [0.25, 0.3) is 5.91 Å². The van der Waals surface area contributed by atoms with Crippen molar-refractivity contribution >= 4 is 33.3 Å². The molecule has 1 aromatic heterocycles. The first-order valence-electron chi connectivity index (χ1n) is 6.73. The summed E-state index contributed by atoms with van der Waals surface area (Å²) in [6.07, 6.45) is 3.91. The SMILES string of the molecule is CCCNC(=O)c1cnc(Nc2ccc(C)c(Br)c2)cn1. The van der Waals surface area contributed by atoms with E-state index in [0.29, 0.717) is 18.1 Å². The van der Waals surface area contributed by atoms with Gasteiger partial charge in [-0.3, -0.25) is 4.79 Å². The maximum Gasteiger partial charge on any atom is 0.271 e. The van der Waals surface area contributed by atoms with Crippen LogP contribution in [0.1, 0.15) is 29.4 Å². The number of hydrogen-bond donors (Lipinski definition) is 2. The Kier molecular flexibility index (Phi) is 5.27. The van der Waals surface area contributed by atoms with E-state index in [2.05, 4.69) is 36.5 Å². The molecule has 0 aliphatic rings. The minimum absolute atomic E-state index is 0.200. The number of halogens is 1. The van der Waals surface area contributed by atoms with Gasteiger partial charge in [0.1, 0.15) is 11.5 Å². The topological polar surface area (TPSA) is 66.9 Å². The maximum absolute atomic E-state index is 11.7. The van der Waals surface area contributed by atoms with E-state index in [9.17, 15) is 4.79 Å². The molecule has 6 heteroatoms. The van der Waals surface area contributed by atoms with E-state index < -0.39 is 0 Å². The lowest BCUT2D eigenvalue weighted by Crippen LogP contribution is -2.25. The van der Waals surface area contributed by atoms with Crippen LogP contribution in [0.4, 0.5) is 11.5 Å². The Hall–Kier alpha value is -1.95. The summed E-state index contributed by atoms with van der Waals surface area (Å²) >= 11 is 3.49. The van der Waals surface area contributed by atoms with Crippen LogP contribution in [0.3, 0.4) is 0 Å². The minimum Gasteiger partial charge on any atom is -0.351 e. The Morgan fingerprint density at radius 3 is 2.71 bits per heavy atom. The number of carbonyl (C=O) groups is 1. The maximum atomic E-state index is 11.7. The molecular weight excluding hydrogens is 332 g/mol. The lowest BCUT2D eigenvalue weighted by Gasteiger charge is -2.08. The van der Waals surface area contributed by atoms with Gasteiger partial charge in [-0.15, -0.1) is 0 Å². The Labute approximate surface area is 132 Å². The third-order valence-electron chi connectivity index (χ3n) is 2.86. The van der Waals surface area contributed by atoms with Crippen molar-refractivity contribution in [1.82, 2.24) is 15.3 Å². The molecule has 1 amide bonds. The third kappa shape index (κ3) is 4.26. The van der Waals surface area contributed by atoms with Crippen LogP contribution in [0.5, 0.6) is 0 Å². The standard InChI is InChI=1S/C15H17BrN4O/c1-3-6-17-15(21)13-8-19-14(9-18-13)20-11-5-4-10(2)12(16)7-11/h4-5,7-9H,3,6H2,1-2H3,(H,17,21)(H,19,20). The number of aryl methyl sites for hydroxylation is 1. The summed E-state index contributed by atoms with van der Waals surface area (Å²) in [5.74, 6) is 0.395. The smallest absolute Gasteiger partial charge is 0.271 e. The summed E-state index contributed by atoms with van der Waals surface area (Å²) in [5, 5.41) is 5.91. The summed E-state index contributed by atoms with van der Waals surface area (Å²) in [6.45, 7) is 4.66. The van der Waals surface area contributed by atoms with E-state index in [1.54, 1.807) is 6.20 Å². The summed E-state index contributed by atoms with van der Waals surface area (Å²) in [7, 11) is 0. The van der Waals surface area contributed by atoms with Gasteiger partial charge in [0, 0.05) is 16.7 Å². The minimum atomic E-state index is -0.200. The molecule has 0 atom stereocenters. The zero-order valence-corrected chi connectivity index (χ0v) is 13.6. The number of benzene rings is 1. The lowest BCUT2D eigenvalue weighted by atomic mass is 10.2. The molecule has 0 radical (unpaired) electrons. The fourth-order valence-corrected chi connectivity index (χ4v) is 2.04. The molecule has 5 nitrogen and oxygen atoms in total. The summed E-state index contributed by atoms with van der Waals surface area (Å²) in [4.78, 5) is 20.0. The Morgan fingerprint density at radius 2 is 2.10 bits per heavy atom. The Balaban J connectivity index is 2.05. The van der Waals surface area contributed by atoms with Crippen LogP contribution >= 0.6 is 15.9 Å². The van der Waals surface area contributed by atoms with Gasteiger partial charge < -0.3 is 10.6 Å². The molecule has 21 heavy (non-hydrogen) atoms. The van der Waals surface area contributed by atoms with Crippen molar-refractivity contribution in [1.29, 1.82) is 0 Å². The monoisotopic (exact) mass is 348 g/mol. The normalized spacial score (nSPS) is 10.2. The van der Waals surface area contributed by atoms with Crippen molar-refractivity contribution in [2.24, 2.45) is 0 Å². The van der Waals surface area contributed by atoms with Gasteiger partial charge in [0.15, 0.2) is 0 Å². The van der Waals surface area contributed by atoms with Crippen molar-refractivity contribution in [3.8, 4) is 0 Å². The second-order valence-corrected chi connectivity index (χ2v) is 5.49. The second-order valence-electron chi connectivity index (χ2n) is 4.63. The van der Waals surface area contributed by atoms with E-state index in [4.69, 9.17) is 0 Å². The van der Waals surface area contributed by atoms with Crippen molar-refractivity contribution in [3.63, 3.8) is 0 Å². The van der Waals surface area contributed by atoms with Gasteiger partial charge >= 0.3 is 0 Å². The highest BCUT2D eigenvalue weighted by Gasteiger charge is 2.07. The molecule has 0 fully saturated rings. The zero-order valence-electron chi connectivity index (χ0n) is 12.0. The fourth-order valence-electron chi connectivity index (χ4n) is 1.66. The molecule has 0 aliphatic carbocycles. The fraction of sp³-hybridized carbons (Fsp3) is 0.267. The molecule has 0 bridgehead atoms. The molecule has 110 valence electrons. The van der Waals surface area contributed by atoms with E-state index in [1.807, 2.05) is 32.0 Å². The second kappa shape index (κ2) is 7.17. The first-order chi connectivity index (χ1) is 10.1. The van der Waals surface area contributed by atoms with Gasteiger partial charge in [-0.1, -0.05) is 28.9 Å². The summed E-state index contributed by atoms with van der Waals surface area (Å²) < 4.78 is 1.02. The predicted octanol–water partition coefficient (Wildman–Crippen LogP) is 3.43. The van der Waals surface area contributed by atoms with Gasteiger partial charge in [-0.05, 0) is 31.0 Å². The predicted molar refractivity (Wildman–Crippen MR) is 86.8 cm³/mol. The van der Waals surface area contributed by atoms with Crippen molar-refractivity contribution in [2.45, 2.75) is 20.3 Å². The molecule has 1 heterocycles. The Bertz CT molecular complexity index is 628. The number of hydrogen-bond acceptors (Lipinski definition) is 4. The van der Waals surface area contributed by atoms with Gasteiger partial charge in [0.05, 0.1) is 12.4 Å². The lowest BCUT2D eigenvalue weighted by molar-refractivity contribution is 0.0948. The molecule has 0 spiro atoms. The van der Waals surface area contributed by atoms with Crippen molar-refractivity contribution in [2.75, 3.05) is 11.9 Å². The highest BCUT2D eigenvalue weighted by atomic mass is 79.9. The average molecular weight is 349 g/mol. The highest BCUT2D eigenvalue weighted by molar-refractivity contribution is 9.10. The number of anilines is 2. The average Bonchev–Trinajstić information content (AvgIpc) is 2.49. The molecule has 0 aliphatic heterocycles. The molecule has 0 unspecified atom stereocenters. The summed E-state index contributed by atoms with van der Waals surface area (Å²) in [6, 6.07) is 5.94. The quantitative estimate of drug-likeness (QED) is 0.868. The van der Waals surface area contributed by atoms with Crippen LogP contribution < -0.4 is 10.6 Å². The molecule has 2 rings (SSSR count). The van der Waals surface area contributed by atoms with Crippen molar-refractivity contribution < 1.29 is 4.79 Å². The van der Waals surface area contributed by atoms with Crippen LogP contribution in [-0.2, 0) is 0 Å². The number of carbonyl (C=O) groups excluding carboxylic acids is 1. The number of aromatic nitrogens is 2. The molecule has 0 saturated carbocycles. The number of nitrogens with zero attached hydrogens (tertiary/aromatic N) is 2. The van der Waals surface area contributed by atoms with Crippen LogP contribution in [0, 0.1) is 6.92 Å². The third-order valence-corrected chi connectivity index (χ3v) is 3.72. The zero-order chi connectivity index (χ0) is 15.2. The van der Waals surface area contributed by atoms with E-state index in [-0.39, 0.29) is 5.91 Å². The molecule has 1 aromatic carbocycles. The highest BCUT2D eigenvalue weighted by Crippen LogP contribution is 2.22. The molecule has 0 saturated heterocycles. The molecule has 2 aromatic rings. The summed E-state index contributed by atoms with van der Waals surface area (Å²) in [5.41, 5.74) is 2.39. The largest absolute Gasteiger partial charge is 0.351 e. The number of nitrogens with one attached hydrogen (secondary N) is 2. The van der Waals surface area contributed by atoms with E-state index in [0.717, 1.165) is 22.1 Å². The van der Waals surface area contributed by atoms with Gasteiger partial charge in [0.2, 0.25) is 0 Å². The number of rotatable bonds is 5. The Morgan fingerprint density at radius 1 is 1.29 bits per heavy atom. The first kappa shape index (κ1) is 15.4. The van der Waals surface area contributed by atoms with Gasteiger partial charge in [-0.2, -0.15) is 0 Å². The van der Waals surface area contributed by atoms with Crippen LogP contribution in [0.2, 0.25) is 0 Å². The van der Waals surface area contributed by atoms with Crippen molar-refractivity contribution in [3.05, 3.63) is 46.3 Å². The van der Waals surface area contributed by atoms with Crippen LogP contribution in [-0.4, -0.2) is 22.4 Å². The van der Waals surface area contributed by atoms with Crippen LogP contribution in [0.15, 0.2) is 35.1 Å². The van der Waals surface area contributed by atoms with Gasteiger partial charge in [-0.25, -0.2) is 9.97 Å². The van der Waals surface area contributed by atoms with E-state index >= 15 is 0 Å². The van der Waals surface area contributed by atoms with Crippen LogP contribution in [0.25, 0.3) is 0 Å².